The van der Waals surface area contributed by atoms with Gasteiger partial charge in [-0.15, -0.1) is 0 Å². The lowest BCUT2D eigenvalue weighted by Crippen LogP contribution is -2.01. The smallest absolute Gasteiger partial charge is 0.201 e. The van der Waals surface area contributed by atoms with Crippen LogP contribution < -0.4 is 14.2 Å². The van der Waals surface area contributed by atoms with E-state index in [1.807, 2.05) is 0 Å². The first-order chi connectivity index (χ1) is 19.8. The third-order valence-corrected chi connectivity index (χ3v) is 6.99. The Labute approximate surface area is 241 Å². The van der Waals surface area contributed by atoms with E-state index in [4.69, 9.17) is 14.2 Å². The second kappa shape index (κ2) is 16.7. The van der Waals surface area contributed by atoms with E-state index in [0.717, 1.165) is 51.4 Å². The normalized spacial score (nSPS) is 11.8. The first kappa shape index (κ1) is 32.0. The lowest BCUT2D eigenvalue weighted by atomic mass is 9.97. The number of benzene rings is 3. The average molecular weight is 573 g/mol. The van der Waals surface area contributed by atoms with Crippen LogP contribution in [0.5, 0.6) is 17.2 Å². The van der Waals surface area contributed by atoms with Gasteiger partial charge >= 0.3 is 0 Å². The molecule has 0 heterocycles. The van der Waals surface area contributed by atoms with Crippen molar-refractivity contribution in [2.75, 3.05) is 19.8 Å². The van der Waals surface area contributed by atoms with Crippen molar-refractivity contribution in [2.45, 2.75) is 65.2 Å². The lowest BCUT2D eigenvalue weighted by Gasteiger charge is -2.12. The van der Waals surface area contributed by atoms with Crippen LogP contribution >= 0.6 is 0 Å². The number of rotatable bonds is 18. The fraction of sp³-hybridized carbons (Fsp3) is 0.412. The van der Waals surface area contributed by atoms with E-state index in [2.05, 4.69) is 13.5 Å². The van der Waals surface area contributed by atoms with Crippen LogP contribution in [0.15, 0.2) is 55.1 Å². The van der Waals surface area contributed by atoms with Gasteiger partial charge in [-0.1, -0.05) is 58.1 Å². The molecule has 0 bridgehead atoms. The average Bonchev–Trinajstić information content (AvgIpc) is 2.96. The maximum absolute atomic E-state index is 14.7. The summed E-state index contributed by atoms with van der Waals surface area (Å²) >= 11 is 0. The summed E-state index contributed by atoms with van der Waals surface area (Å²) < 4.78 is 73.5. The van der Waals surface area contributed by atoms with E-state index >= 15 is 0 Å². The molecule has 0 aliphatic carbocycles. The van der Waals surface area contributed by atoms with Gasteiger partial charge in [0.25, 0.3) is 0 Å². The van der Waals surface area contributed by atoms with Gasteiger partial charge in [0.15, 0.2) is 11.6 Å². The molecule has 0 fully saturated rings. The Morgan fingerprint density at radius 3 is 1.83 bits per heavy atom. The molecule has 1 atom stereocenters. The molecule has 3 aromatic carbocycles. The SMILES string of the molecule is C=Cc1ccc(OCCCCCC(C)CCCCCOc2ccc(-c3ccc(OCC)c(F)c3F)c(F)c2)cc1F. The Hall–Kier alpha value is -3.48. The largest absolute Gasteiger partial charge is 0.493 e. The Morgan fingerprint density at radius 1 is 0.683 bits per heavy atom. The van der Waals surface area contributed by atoms with Gasteiger partial charge in [0.05, 0.1) is 19.8 Å². The summed E-state index contributed by atoms with van der Waals surface area (Å²) in [4.78, 5) is 0. The molecular weight excluding hydrogens is 532 g/mol. The summed E-state index contributed by atoms with van der Waals surface area (Å²) in [5, 5.41) is 0. The Morgan fingerprint density at radius 2 is 1.27 bits per heavy atom. The molecule has 3 nitrogen and oxygen atoms in total. The Bertz CT molecular complexity index is 1260. The van der Waals surface area contributed by atoms with Crippen LogP contribution in [-0.2, 0) is 0 Å². The molecular formula is C34H40F4O3. The fourth-order valence-electron chi connectivity index (χ4n) is 4.64. The second-order valence-corrected chi connectivity index (χ2v) is 10.2. The van der Waals surface area contributed by atoms with Gasteiger partial charge in [-0.3, -0.25) is 0 Å². The number of halogens is 4. The molecule has 0 aromatic heterocycles. The minimum absolute atomic E-state index is 0.0350. The Balaban J connectivity index is 1.27. The summed E-state index contributed by atoms with van der Waals surface area (Å²) in [6.45, 7) is 8.75. The van der Waals surface area contributed by atoms with Crippen molar-refractivity contribution in [1.29, 1.82) is 0 Å². The van der Waals surface area contributed by atoms with E-state index < -0.39 is 17.5 Å². The highest BCUT2D eigenvalue weighted by Gasteiger charge is 2.18. The maximum atomic E-state index is 14.7. The van der Waals surface area contributed by atoms with Crippen molar-refractivity contribution in [3.8, 4) is 28.4 Å². The second-order valence-electron chi connectivity index (χ2n) is 10.2. The van der Waals surface area contributed by atoms with Gasteiger partial charge in [0, 0.05) is 28.8 Å². The highest BCUT2D eigenvalue weighted by atomic mass is 19.2. The van der Waals surface area contributed by atoms with Gasteiger partial charge in [0.2, 0.25) is 5.82 Å². The van der Waals surface area contributed by atoms with Crippen LogP contribution in [0.2, 0.25) is 0 Å². The molecule has 0 N–H and O–H groups in total. The Kier molecular flexibility index (Phi) is 13.1. The minimum Gasteiger partial charge on any atom is -0.493 e. The molecule has 3 aromatic rings. The zero-order chi connectivity index (χ0) is 29.6. The van der Waals surface area contributed by atoms with Crippen molar-refractivity contribution in [3.63, 3.8) is 0 Å². The molecule has 1 unspecified atom stereocenters. The summed E-state index contributed by atoms with van der Waals surface area (Å²) in [6.07, 6.45) is 9.86. The van der Waals surface area contributed by atoms with E-state index in [9.17, 15) is 17.6 Å². The summed E-state index contributed by atoms with van der Waals surface area (Å²) in [6, 6.07) is 11.6. The minimum atomic E-state index is -1.14. The predicted molar refractivity (Wildman–Crippen MR) is 157 cm³/mol. The fourth-order valence-corrected chi connectivity index (χ4v) is 4.64. The monoisotopic (exact) mass is 572 g/mol. The van der Waals surface area contributed by atoms with Crippen molar-refractivity contribution in [1.82, 2.24) is 0 Å². The topological polar surface area (TPSA) is 27.7 Å². The highest BCUT2D eigenvalue weighted by Crippen LogP contribution is 2.33. The van der Waals surface area contributed by atoms with E-state index in [1.54, 1.807) is 25.1 Å². The van der Waals surface area contributed by atoms with Crippen molar-refractivity contribution in [3.05, 3.63) is 83.9 Å². The molecule has 0 spiro atoms. The first-order valence-corrected chi connectivity index (χ1v) is 14.4. The molecule has 0 aliphatic heterocycles. The molecule has 0 aliphatic rings. The zero-order valence-corrected chi connectivity index (χ0v) is 24.0. The van der Waals surface area contributed by atoms with Crippen LogP contribution in [0.25, 0.3) is 17.2 Å². The maximum Gasteiger partial charge on any atom is 0.201 e. The standard InChI is InChI=1S/C34H40F4O3/c1-4-25-14-15-26(22-30(25)35)40-20-10-6-8-12-24(3)13-9-7-11-21-41-27-16-17-28(31(36)23-27)29-18-19-32(39-5-2)34(38)33(29)37/h4,14-19,22-24H,1,5-13,20-21H2,2-3H3. The molecule has 3 rings (SSSR count). The van der Waals surface area contributed by atoms with Crippen molar-refractivity contribution < 1.29 is 31.8 Å². The number of ether oxygens (including phenoxy) is 3. The summed E-state index contributed by atoms with van der Waals surface area (Å²) in [7, 11) is 0. The molecule has 7 heteroatoms. The van der Waals surface area contributed by atoms with Gasteiger partial charge in [-0.05, 0) is 62.1 Å². The molecule has 222 valence electrons. The number of unbranched alkanes of at least 4 members (excludes halogenated alkanes) is 4. The highest BCUT2D eigenvalue weighted by molar-refractivity contribution is 5.66. The molecule has 0 radical (unpaired) electrons. The number of hydrogen-bond acceptors (Lipinski definition) is 3. The van der Waals surface area contributed by atoms with Gasteiger partial charge in [0.1, 0.15) is 23.1 Å². The van der Waals surface area contributed by atoms with Gasteiger partial charge in [-0.25, -0.2) is 13.2 Å². The number of hydrogen-bond donors (Lipinski definition) is 0. The van der Waals surface area contributed by atoms with Gasteiger partial charge < -0.3 is 14.2 Å². The third-order valence-electron chi connectivity index (χ3n) is 6.99. The van der Waals surface area contributed by atoms with Crippen LogP contribution in [0.1, 0.15) is 70.8 Å². The zero-order valence-electron chi connectivity index (χ0n) is 24.0. The summed E-state index contributed by atoms with van der Waals surface area (Å²) in [5.41, 5.74) is 0.273. The molecule has 41 heavy (non-hydrogen) atoms. The predicted octanol–water partition coefficient (Wildman–Crippen LogP) is 10.2. The van der Waals surface area contributed by atoms with Crippen molar-refractivity contribution in [2.24, 2.45) is 5.92 Å². The van der Waals surface area contributed by atoms with Crippen LogP contribution in [0.4, 0.5) is 17.6 Å². The van der Waals surface area contributed by atoms with E-state index in [1.165, 1.54) is 36.4 Å². The first-order valence-electron chi connectivity index (χ1n) is 14.4. The molecule has 0 amide bonds. The van der Waals surface area contributed by atoms with Crippen LogP contribution in [0, 0.1) is 29.2 Å². The lowest BCUT2D eigenvalue weighted by molar-refractivity contribution is 0.296. The van der Waals surface area contributed by atoms with E-state index in [-0.39, 0.29) is 29.3 Å². The quantitative estimate of drug-likeness (QED) is 0.112. The molecule has 0 saturated heterocycles. The van der Waals surface area contributed by atoms with Gasteiger partial charge in [-0.2, -0.15) is 4.39 Å². The van der Waals surface area contributed by atoms with Crippen LogP contribution in [0.3, 0.4) is 0 Å². The third kappa shape index (κ3) is 9.83. The molecule has 0 saturated carbocycles. The van der Waals surface area contributed by atoms with Crippen LogP contribution in [-0.4, -0.2) is 19.8 Å². The summed E-state index contributed by atoms with van der Waals surface area (Å²) in [5.74, 6) is -1.94. The van der Waals surface area contributed by atoms with Crippen molar-refractivity contribution >= 4 is 6.08 Å². The van der Waals surface area contributed by atoms with E-state index in [0.29, 0.717) is 36.2 Å².